The number of hydrogen-bond acceptors (Lipinski definition) is 3. The van der Waals surface area contributed by atoms with Gasteiger partial charge in [0.15, 0.2) is 0 Å². The first kappa shape index (κ1) is 13.7. The lowest BCUT2D eigenvalue weighted by Gasteiger charge is -2.16. The third-order valence-corrected chi connectivity index (χ3v) is 1.81. The van der Waals surface area contributed by atoms with E-state index in [1.165, 1.54) is 0 Å². The minimum Gasteiger partial charge on any atom is -0.423 e. The summed E-state index contributed by atoms with van der Waals surface area (Å²) in [4.78, 5) is 0. The van der Waals surface area contributed by atoms with Crippen LogP contribution in [0.15, 0.2) is 18.2 Å². The molecule has 0 aliphatic heterocycles. The Hall–Kier alpha value is -1.35. The lowest BCUT2D eigenvalue weighted by molar-refractivity contribution is -0.274. The molecule has 0 saturated carbocycles. The molecule has 2 N–H and O–H groups in total. The standard InChI is InChI=1S/C8H6BF5O3/c10-7(11)4-2-1-3-5(9(15)16)6(4)17-8(12,13)14/h1-3,7,15-16H. The zero-order valence-corrected chi connectivity index (χ0v) is 8.08. The van der Waals surface area contributed by atoms with Crippen LogP contribution in [-0.4, -0.2) is 23.5 Å². The van der Waals surface area contributed by atoms with Crippen LogP contribution < -0.4 is 10.2 Å². The second-order valence-electron chi connectivity index (χ2n) is 2.99. The average Bonchev–Trinajstić information content (AvgIpc) is 2.14. The van der Waals surface area contributed by atoms with Crippen molar-refractivity contribution in [1.82, 2.24) is 0 Å². The zero-order chi connectivity index (χ0) is 13.2. The third kappa shape index (κ3) is 3.57. The molecule has 0 aliphatic rings. The number of para-hydroxylation sites is 1. The normalized spacial score (nSPS) is 11.8. The van der Waals surface area contributed by atoms with E-state index in [1.807, 2.05) is 0 Å². The van der Waals surface area contributed by atoms with Crippen LogP contribution in [0.5, 0.6) is 5.75 Å². The molecule has 0 amide bonds. The van der Waals surface area contributed by atoms with Gasteiger partial charge in [-0.2, -0.15) is 0 Å². The van der Waals surface area contributed by atoms with Crippen LogP contribution in [0.1, 0.15) is 12.0 Å². The number of hydrogen-bond donors (Lipinski definition) is 2. The summed E-state index contributed by atoms with van der Waals surface area (Å²) < 4.78 is 64.3. The molecule has 94 valence electrons. The third-order valence-electron chi connectivity index (χ3n) is 1.81. The summed E-state index contributed by atoms with van der Waals surface area (Å²) in [6, 6.07) is 2.52. The molecule has 0 aromatic heterocycles. The Labute approximate surface area is 92.6 Å². The van der Waals surface area contributed by atoms with Crippen LogP contribution in [0, 0.1) is 0 Å². The van der Waals surface area contributed by atoms with Crippen LogP contribution in [0.4, 0.5) is 22.0 Å². The molecule has 1 aromatic carbocycles. The summed E-state index contributed by atoms with van der Waals surface area (Å²) >= 11 is 0. The number of benzene rings is 1. The molecule has 1 aromatic rings. The molecule has 0 radical (unpaired) electrons. The predicted octanol–water partition coefficient (Wildman–Crippen LogP) is 1.20. The van der Waals surface area contributed by atoms with E-state index in [2.05, 4.69) is 4.74 Å². The molecule has 0 unspecified atom stereocenters. The summed E-state index contributed by atoms with van der Waals surface area (Å²) in [5.74, 6) is -1.29. The van der Waals surface area contributed by atoms with E-state index < -0.39 is 36.7 Å². The number of rotatable bonds is 3. The van der Waals surface area contributed by atoms with Crippen LogP contribution in [0.25, 0.3) is 0 Å². The fourth-order valence-corrected chi connectivity index (χ4v) is 1.18. The van der Waals surface area contributed by atoms with Crippen molar-refractivity contribution in [1.29, 1.82) is 0 Å². The number of halogens is 5. The Kier molecular flexibility index (Phi) is 3.94. The second-order valence-corrected chi connectivity index (χ2v) is 2.99. The van der Waals surface area contributed by atoms with Gasteiger partial charge in [0, 0.05) is 5.46 Å². The number of ether oxygens (including phenoxy) is 1. The molecule has 3 nitrogen and oxygen atoms in total. The maximum absolute atomic E-state index is 12.4. The fraction of sp³-hybridized carbons (Fsp3) is 0.250. The quantitative estimate of drug-likeness (QED) is 0.631. The van der Waals surface area contributed by atoms with Crippen molar-refractivity contribution in [2.45, 2.75) is 12.8 Å². The molecule has 1 rings (SSSR count). The van der Waals surface area contributed by atoms with E-state index in [-0.39, 0.29) is 0 Å². The van der Waals surface area contributed by atoms with Gasteiger partial charge in [0.1, 0.15) is 5.75 Å². The smallest absolute Gasteiger partial charge is 0.423 e. The highest BCUT2D eigenvalue weighted by Gasteiger charge is 2.36. The lowest BCUT2D eigenvalue weighted by atomic mass is 9.78. The predicted molar refractivity (Wildman–Crippen MR) is 47.9 cm³/mol. The monoisotopic (exact) mass is 256 g/mol. The molecule has 9 heteroatoms. The van der Waals surface area contributed by atoms with Crippen LogP contribution >= 0.6 is 0 Å². The first-order valence-electron chi connectivity index (χ1n) is 4.25. The molecule has 0 atom stereocenters. The van der Waals surface area contributed by atoms with Gasteiger partial charge in [-0.1, -0.05) is 12.1 Å². The topological polar surface area (TPSA) is 49.7 Å². The maximum atomic E-state index is 12.4. The van der Waals surface area contributed by atoms with E-state index in [4.69, 9.17) is 10.0 Å². The largest absolute Gasteiger partial charge is 0.573 e. The van der Waals surface area contributed by atoms with Gasteiger partial charge in [-0.25, -0.2) is 8.78 Å². The molecule has 0 bridgehead atoms. The van der Waals surface area contributed by atoms with Crippen molar-refractivity contribution >= 4 is 12.6 Å². The molecule has 17 heavy (non-hydrogen) atoms. The van der Waals surface area contributed by atoms with Gasteiger partial charge in [0.05, 0.1) is 5.56 Å². The summed E-state index contributed by atoms with van der Waals surface area (Å²) in [6.45, 7) is 0. The van der Waals surface area contributed by atoms with Gasteiger partial charge in [0.25, 0.3) is 6.43 Å². The highest BCUT2D eigenvalue weighted by Crippen LogP contribution is 2.31. The summed E-state index contributed by atoms with van der Waals surface area (Å²) in [6.07, 6.45) is -8.43. The van der Waals surface area contributed by atoms with Crippen LogP contribution in [-0.2, 0) is 0 Å². The Morgan fingerprint density at radius 1 is 1.18 bits per heavy atom. The zero-order valence-electron chi connectivity index (χ0n) is 8.08. The molecular formula is C8H6BF5O3. The van der Waals surface area contributed by atoms with E-state index >= 15 is 0 Å². The van der Waals surface area contributed by atoms with E-state index in [1.54, 1.807) is 0 Å². The van der Waals surface area contributed by atoms with Crippen molar-refractivity contribution in [3.63, 3.8) is 0 Å². The average molecular weight is 256 g/mol. The second kappa shape index (κ2) is 4.88. The van der Waals surface area contributed by atoms with Gasteiger partial charge in [-0.05, 0) is 6.07 Å². The van der Waals surface area contributed by atoms with Gasteiger partial charge in [-0.3, -0.25) is 0 Å². The summed E-state index contributed by atoms with van der Waals surface area (Å²) in [5.41, 5.74) is -1.84. The Morgan fingerprint density at radius 3 is 2.18 bits per heavy atom. The van der Waals surface area contributed by atoms with Gasteiger partial charge < -0.3 is 14.8 Å². The lowest BCUT2D eigenvalue weighted by Crippen LogP contribution is -2.34. The molecule has 0 heterocycles. The van der Waals surface area contributed by atoms with Gasteiger partial charge in [0.2, 0.25) is 0 Å². The van der Waals surface area contributed by atoms with Crippen molar-refractivity contribution in [2.75, 3.05) is 0 Å². The van der Waals surface area contributed by atoms with E-state index in [0.717, 1.165) is 12.1 Å². The van der Waals surface area contributed by atoms with Gasteiger partial charge in [-0.15, -0.1) is 13.2 Å². The molecule has 0 fully saturated rings. The highest BCUT2D eigenvalue weighted by atomic mass is 19.4. The van der Waals surface area contributed by atoms with E-state index in [0.29, 0.717) is 6.07 Å². The minimum absolute atomic E-state index is 0.706. The molecular weight excluding hydrogens is 250 g/mol. The SMILES string of the molecule is OB(O)c1cccc(C(F)F)c1OC(F)(F)F. The van der Waals surface area contributed by atoms with Crippen molar-refractivity contribution in [2.24, 2.45) is 0 Å². The van der Waals surface area contributed by atoms with E-state index in [9.17, 15) is 22.0 Å². The Bertz CT molecular complexity index is 367. The molecule has 0 spiro atoms. The van der Waals surface area contributed by atoms with Crippen molar-refractivity contribution < 1.29 is 36.7 Å². The van der Waals surface area contributed by atoms with Gasteiger partial charge >= 0.3 is 13.5 Å². The van der Waals surface area contributed by atoms with Crippen LogP contribution in [0.2, 0.25) is 0 Å². The van der Waals surface area contributed by atoms with Crippen molar-refractivity contribution in [3.8, 4) is 5.75 Å². The summed E-state index contributed by atoms with van der Waals surface area (Å²) in [5, 5.41) is 17.5. The number of alkyl halides is 5. The highest BCUT2D eigenvalue weighted by molar-refractivity contribution is 6.59. The first-order valence-corrected chi connectivity index (χ1v) is 4.25. The maximum Gasteiger partial charge on any atom is 0.573 e. The Morgan fingerprint density at radius 2 is 1.76 bits per heavy atom. The fourth-order valence-electron chi connectivity index (χ4n) is 1.18. The summed E-state index contributed by atoms with van der Waals surface area (Å²) in [7, 11) is -2.34. The molecule has 0 aliphatic carbocycles. The van der Waals surface area contributed by atoms with Crippen molar-refractivity contribution in [3.05, 3.63) is 23.8 Å². The Balaban J connectivity index is 3.29. The molecule has 0 saturated heterocycles. The minimum atomic E-state index is -5.20. The van der Waals surface area contributed by atoms with Crippen LogP contribution in [0.3, 0.4) is 0 Å². The first-order chi connectivity index (χ1) is 7.72.